The van der Waals surface area contributed by atoms with E-state index in [1.165, 1.54) is 0 Å². The standard InChI is InChI=1S/C16H8F10S/c17-9-1-3-11(13(19)7(9)5-15(21,22)23)27-12-4-2-10(18)8(14(12)20)6-16(24,25)26/h1-4H,5-6H2. The summed E-state index contributed by atoms with van der Waals surface area (Å²) in [5, 5.41) is 0. The number of benzene rings is 2. The summed E-state index contributed by atoms with van der Waals surface area (Å²) in [5.74, 6) is -6.21. The summed E-state index contributed by atoms with van der Waals surface area (Å²) in [6.07, 6.45) is -13.7. The van der Waals surface area contributed by atoms with Crippen LogP contribution in [0.4, 0.5) is 43.9 Å². The zero-order chi connectivity index (χ0) is 20.6. The van der Waals surface area contributed by atoms with Crippen molar-refractivity contribution in [1.82, 2.24) is 0 Å². The smallest absolute Gasteiger partial charge is 0.207 e. The third kappa shape index (κ3) is 5.53. The van der Waals surface area contributed by atoms with E-state index in [0.29, 0.717) is 24.3 Å². The second-order valence-electron chi connectivity index (χ2n) is 5.36. The van der Waals surface area contributed by atoms with Gasteiger partial charge < -0.3 is 0 Å². The van der Waals surface area contributed by atoms with E-state index in [1.54, 1.807) is 0 Å². The van der Waals surface area contributed by atoms with Gasteiger partial charge in [0.2, 0.25) is 0 Å². The molecule has 0 fully saturated rings. The maximum absolute atomic E-state index is 14.2. The van der Waals surface area contributed by atoms with Crippen molar-refractivity contribution >= 4 is 11.8 Å². The Balaban J connectivity index is 2.43. The topological polar surface area (TPSA) is 0 Å². The summed E-state index contributed by atoms with van der Waals surface area (Å²) in [5.41, 5.74) is -2.63. The van der Waals surface area contributed by atoms with Crippen LogP contribution in [0.25, 0.3) is 0 Å². The molecule has 0 aliphatic carbocycles. The molecule has 0 atom stereocenters. The van der Waals surface area contributed by atoms with Gasteiger partial charge in [0.15, 0.2) is 0 Å². The van der Waals surface area contributed by atoms with Crippen molar-refractivity contribution in [2.45, 2.75) is 35.0 Å². The quantitative estimate of drug-likeness (QED) is 0.500. The molecule has 2 aromatic carbocycles. The van der Waals surface area contributed by atoms with Crippen molar-refractivity contribution in [3.8, 4) is 0 Å². The molecule has 0 amide bonds. The predicted octanol–water partition coefficient (Wildman–Crippen LogP) is 6.60. The minimum absolute atomic E-state index is 0.121. The first-order chi connectivity index (χ1) is 12.3. The van der Waals surface area contributed by atoms with Gasteiger partial charge in [-0.05, 0) is 24.3 Å². The monoisotopic (exact) mass is 422 g/mol. The highest BCUT2D eigenvalue weighted by atomic mass is 32.2. The molecule has 0 aliphatic rings. The third-order valence-electron chi connectivity index (χ3n) is 3.28. The molecule has 0 aromatic heterocycles. The van der Waals surface area contributed by atoms with Crippen LogP contribution in [0, 0.1) is 23.3 Å². The van der Waals surface area contributed by atoms with E-state index < -0.39 is 69.4 Å². The van der Waals surface area contributed by atoms with Gasteiger partial charge in [0, 0.05) is 20.9 Å². The maximum atomic E-state index is 14.2. The fourth-order valence-corrected chi connectivity index (χ4v) is 3.09. The van der Waals surface area contributed by atoms with Gasteiger partial charge in [-0.3, -0.25) is 0 Å². The average molecular weight is 422 g/mol. The molecular formula is C16H8F10S. The number of hydrogen-bond acceptors (Lipinski definition) is 1. The van der Waals surface area contributed by atoms with Crippen molar-refractivity contribution < 1.29 is 43.9 Å². The van der Waals surface area contributed by atoms with Gasteiger partial charge >= 0.3 is 12.4 Å². The molecule has 0 heterocycles. The van der Waals surface area contributed by atoms with Crippen LogP contribution >= 0.6 is 11.8 Å². The van der Waals surface area contributed by atoms with E-state index >= 15 is 0 Å². The molecule has 148 valence electrons. The normalized spacial score (nSPS) is 12.5. The Morgan fingerprint density at radius 2 is 0.926 bits per heavy atom. The van der Waals surface area contributed by atoms with E-state index in [2.05, 4.69) is 0 Å². The summed E-state index contributed by atoms with van der Waals surface area (Å²) < 4.78 is 130. The van der Waals surface area contributed by atoms with Crippen LogP contribution in [0.1, 0.15) is 11.1 Å². The molecule has 2 rings (SSSR count). The molecule has 0 saturated heterocycles. The van der Waals surface area contributed by atoms with Crippen molar-refractivity contribution in [3.63, 3.8) is 0 Å². The van der Waals surface area contributed by atoms with Crippen LogP contribution in [0.2, 0.25) is 0 Å². The summed E-state index contributed by atoms with van der Waals surface area (Å²) >= 11 is 0.121. The van der Waals surface area contributed by atoms with Crippen molar-refractivity contribution in [3.05, 3.63) is 58.7 Å². The highest BCUT2D eigenvalue weighted by Crippen LogP contribution is 2.37. The highest BCUT2D eigenvalue weighted by Gasteiger charge is 2.33. The second-order valence-corrected chi connectivity index (χ2v) is 6.45. The Labute approximate surface area is 150 Å². The Bertz CT molecular complexity index is 769. The zero-order valence-electron chi connectivity index (χ0n) is 12.9. The molecule has 0 unspecified atom stereocenters. The molecule has 27 heavy (non-hydrogen) atoms. The Morgan fingerprint density at radius 1 is 0.593 bits per heavy atom. The molecule has 2 aromatic rings. The Morgan fingerprint density at radius 3 is 1.22 bits per heavy atom. The minimum Gasteiger partial charge on any atom is -0.207 e. The Hall–Kier alpha value is -1.91. The van der Waals surface area contributed by atoms with E-state index in [9.17, 15) is 43.9 Å². The highest BCUT2D eigenvalue weighted by molar-refractivity contribution is 7.99. The summed E-state index contributed by atoms with van der Waals surface area (Å²) in [4.78, 5) is -1.31. The SMILES string of the molecule is Fc1ccc(Sc2ccc(F)c(CC(F)(F)F)c2F)c(F)c1CC(F)(F)F. The summed E-state index contributed by atoms with van der Waals surface area (Å²) in [6.45, 7) is 0. The lowest BCUT2D eigenvalue weighted by Crippen LogP contribution is -2.15. The van der Waals surface area contributed by atoms with Crippen molar-refractivity contribution in [1.29, 1.82) is 0 Å². The summed E-state index contributed by atoms with van der Waals surface area (Å²) in [7, 11) is 0. The first-order valence-corrected chi connectivity index (χ1v) is 7.85. The average Bonchev–Trinajstić information content (AvgIpc) is 2.51. The van der Waals surface area contributed by atoms with Gasteiger partial charge in [-0.25, -0.2) is 17.6 Å². The Kier molecular flexibility index (Phi) is 6.03. The fraction of sp³-hybridized carbons (Fsp3) is 0.250. The lowest BCUT2D eigenvalue weighted by molar-refractivity contribution is -0.129. The molecule has 11 heteroatoms. The summed E-state index contributed by atoms with van der Waals surface area (Å²) in [6, 6.07) is 2.46. The van der Waals surface area contributed by atoms with Gasteiger partial charge in [0.05, 0.1) is 12.8 Å². The third-order valence-corrected chi connectivity index (χ3v) is 4.35. The molecular weight excluding hydrogens is 414 g/mol. The van der Waals surface area contributed by atoms with Crippen LogP contribution in [-0.2, 0) is 12.8 Å². The zero-order valence-corrected chi connectivity index (χ0v) is 13.7. The van der Waals surface area contributed by atoms with Gasteiger partial charge in [0.25, 0.3) is 0 Å². The largest absolute Gasteiger partial charge is 0.393 e. The fourth-order valence-electron chi connectivity index (χ4n) is 2.15. The van der Waals surface area contributed by atoms with E-state index in [4.69, 9.17) is 0 Å². The van der Waals surface area contributed by atoms with Gasteiger partial charge in [-0.1, -0.05) is 11.8 Å². The predicted molar refractivity (Wildman–Crippen MR) is 76.4 cm³/mol. The van der Waals surface area contributed by atoms with E-state index in [1.807, 2.05) is 0 Å². The molecule has 0 saturated carbocycles. The lowest BCUT2D eigenvalue weighted by atomic mass is 10.1. The lowest BCUT2D eigenvalue weighted by Gasteiger charge is -2.14. The maximum Gasteiger partial charge on any atom is 0.393 e. The molecule has 0 aliphatic heterocycles. The number of rotatable bonds is 4. The molecule has 0 bridgehead atoms. The van der Waals surface area contributed by atoms with E-state index in [0.717, 1.165) is 0 Å². The number of hydrogen-bond donors (Lipinski definition) is 0. The van der Waals surface area contributed by atoms with Gasteiger partial charge in [0.1, 0.15) is 23.3 Å². The van der Waals surface area contributed by atoms with Crippen molar-refractivity contribution in [2.75, 3.05) is 0 Å². The van der Waals surface area contributed by atoms with E-state index in [-0.39, 0.29) is 11.8 Å². The van der Waals surface area contributed by atoms with Gasteiger partial charge in [-0.15, -0.1) is 0 Å². The minimum atomic E-state index is -4.92. The van der Waals surface area contributed by atoms with Crippen molar-refractivity contribution in [2.24, 2.45) is 0 Å². The first kappa shape index (κ1) is 21.4. The van der Waals surface area contributed by atoms with Crippen LogP contribution in [0.5, 0.6) is 0 Å². The van der Waals surface area contributed by atoms with Gasteiger partial charge in [-0.2, -0.15) is 26.3 Å². The van der Waals surface area contributed by atoms with Crippen LogP contribution in [0.3, 0.4) is 0 Å². The number of halogens is 10. The van der Waals surface area contributed by atoms with Crippen LogP contribution in [-0.4, -0.2) is 12.4 Å². The van der Waals surface area contributed by atoms with Crippen LogP contribution in [0.15, 0.2) is 34.1 Å². The number of alkyl halides is 6. The second kappa shape index (κ2) is 7.61. The molecule has 0 spiro atoms. The van der Waals surface area contributed by atoms with Crippen LogP contribution < -0.4 is 0 Å². The molecule has 0 N–H and O–H groups in total. The molecule has 0 radical (unpaired) electrons. The first-order valence-electron chi connectivity index (χ1n) is 7.03. The molecule has 0 nitrogen and oxygen atoms in total.